The number of hydrogen-bond donors (Lipinski definition) is 2. The van der Waals surface area contributed by atoms with Crippen molar-refractivity contribution < 1.29 is 22.7 Å². The molecule has 1 saturated heterocycles. The third-order valence-electron chi connectivity index (χ3n) is 6.54. The first kappa shape index (κ1) is 24.3. The van der Waals surface area contributed by atoms with Gasteiger partial charge in [-0.2, -0.15) is 0 Å². The van der Waals surface area contributed by atoms with Crippen molar-refractivity contribution in [3.05, 3.63) is 77.3 Å². The Morgan fingerprint density at radius 2 is 1.69 bits per heavy atom. The summed E-state index contributed by atoms with van der Waals surface area (Å²) in [4.78, 5) is 28.2. The zero-order chi connectivity index (χ0) is 25.4. The minimum atomic E-state index is -3.80. The van der Waals surface area contributed by atoms with Crippen molar-refractivity contribution in [3.63, 3.8) is 0 Å². The third kappa shape index (κ3) is 4.69. The van der Waals surface area contributed by atoms with Gasteiger partial charge in [-0.05, 0) is 72.5 Å². The molecule has 0 unspecified atom stereocenters. The number of carbonyl (C=O) groups excluding carboxylic acids is 2. The predicted molar refractivity (Wildman–Crippen MR) is 137 cm³/mol. The molecule has 0 aromatic heterocycles. The predicted octanol–water partition coefficient (Wildman–Crippen LogP) is 3.92. The van der Waals surface area contributed by atoms with Crippen LogP contribution in [0.5, 0.6) is 5.75 Å². The fourth-order valence-corrected chi connectivity index (χ4v) is 6.04. The molecule has 5 rings (SSSR count). The van der Waals surface area contributed by atoms with Crippen LogP contribution in [0.15, 0.2) is 71.6 Å². The molecule has 8 nitrogen and oxygen atoms in total. The summed E-state index contributed by atoms with van der Waals surface area (Å²) in [6.45, 7) is 0.247. The van der Waals surface area contributed by atoms with Gasteiger partial charge in [0.05, 0.1) is 23.3 Å². The molecule has 2 amide bonds. The van der Waals surface area contributed by atoms with Gasteiger partial charge in [0, 0.05) is 17.6 Å². The molecule has 1 fully saturated rings. The number of methoxy groups -OCH3 is 1. The number of fused-ring (bicyclic) bond motifs is 2. The largest absolute Gasteiger partial charge is 0.497 e. The summed E-state index contributed by atoms with van der Waals surface area (Å²) >= 11 is 5.87. The third-order valence-corrected chi connectivity index (χ3v) is 8.33. The highest BCUT2D eigenvalue weighted by atomic mass is 35.5. The Labute approximate surface area is 214 Å². The highest BCUT2D eigenvalue weighted by Gasteiger charge is 2.41. The SMILES string of the molecule is COc1ccc(-c2ccc3c(c2)C(=O)N2CC[C@H](NS(=O)(=O)c4ccc(Cl)cc4)C[C@H]2C(=O)N3)cc1. The molecule has 0 saturated carbocycles. The Hall–Kier alpha value is -3.40. The van der Waals surface area contributed by atoms with Gasteiger partial charge in [-0.25, -0.2) is 13.1 Å². The Morgan fingerprint density at radius 3 is 2.39 bits per heavy atom. The number of piperidine rings is 1. The lowest BCUT2D eigenvalue weighted by Gasteiger charge is -2.37. The van der Waals surface area contributed by atoms with Gasteiger partial charge >= 0.3 is 0 Å². The number of hydrogen-bond acceptors (Lipinski definition) is 5. The number of amides is 2. The quantitative estimate of drug-likeness (QED) is 0.525. The number of nitrogens with one attached hydrogen (secondary N) is 2. The van der Waals surface area contributed by atoms with Gasteiger partial charge in [-0.15, -0.1) is 0 Å². The standard InChI is InChI=1S/C26H24ClN3O5S/c1-35-20-7-2-16(3-8-20)17-4-11-23-22(14-17)26(32)30-13-12-19(15-24(30)25(31)28-23)29-36(33,34)21-9-5-18(27)6-10-21/h2-11,14,19,24,29H,12-13,15H2,1H3,(H,28,31)/t19-,24-/m0/s1. The number of nitrogens with zero attached hydrogens (tertiary/aromatic N) is 1. The van der Waals surface area contributed by atoms with Crippen LogP contribution in [0.4, 0.5) is 5.69 Å². The number of sulfonamides is 1. The van der Waals surface area contributed by atoms with Crippen LogP contribution in [-0.2, 0) is 14.8 Å². The van der Waals surface area contributed by atoms with Gasteiger partial charge in [-0.1, -0.05) is 29.8 Å². The molecule has 0 radical (unpaired) electrons. The molecule has 0 bridgehead atoms. The summed E-state index contributed by atoms with van der Waals surface area (Å²) in [5, 5.41) is 3.29. The van der Waals surface area contributed by atoms with Crippen molar-refractivity contribution >= 4 is 39.1 Å². The zero-order valence-corrected chi connectivity index (χ0v) is 21.0. The highest BCUT2D eigenvalue weighted by Crippen LogP contribution is 2.32. The number of ether oxygens (including phenoxy) is 1. The minimum absolute atomic E-state index is 0.0918. The number of halogens is 1. The van der Waals surface area contributed by atoms with Crippen molar-refractivity contribution in [2.75, 3.05) is 19.0 Å². The van der Waals surface area contributed by atoms with Gasteiger partial charge in [0.15, 0.2) is 0 Å². The first-order valence-electron chi connectivity index (χ1n) is 11.4. The molecule has 3 aromatic carbocycles. The molecular weight excluding hydrogens is 502 g/mol. The molecule has 2 atom stereocenters. The molecular formula is C26H24ClN3O5S. The van der Waals surface area contributed by atoms with Crippen molar-refractivity contribution in [1.29, 1.82) is 0 Å². The van der Waals surface area contributed by atoms with E-state index in [-0.39, 0.29) is 29.7 Å². The summed E-state index contributed by atoms with van der Waals surface area (Å²) in [5.74, 6) is 0.131. The summed E-state index contributed by atoms with van der Waals surface area (Å²) in [6.07, 6.45) is 0.555. The molecule has 36 heavy (non-hydrogen) atoms. The van der Waals surface area contributed by atoms with E-state index in [9.17, 15) is 18.0 Å². The average molecular weight is 526 g/mol. The van der Waals surface area contributed by atoms with Crippen LogP contribution in [0.3, 0.4) is 0 Å². The van der Waals surface area contributed by atoms with Crippen LogP contribution >= 0.6 is 11.6 Å². The van der Waals surface area contributed by atoms with E-state index in [1.807, 2.05) is 30.3 Å². The van der Waals surface area contributed by atoms with E-state index >= 15 is 0 Å². The summed E-state index contributed by atoms with van der Waals surface area (Å²) in [7, 11) is -2.20. The van der Waals surface area contributed by atoms with E-state index in [0.717, 1.165) is 16.9 Å². The molecule has 2 heterocycles. The Morgan fingerprint density at radius 1 is 1.00 bits per heavy atom. The van der Waals surface area contributed by atoms with E-state index in [1.54, 1.807) is 19.2 Å². The normalized spacial score (nSPS) is 19.7. The summed E-state index contributed by atoms with van der Waals surface area (Å²) < 4.78 is 33.6. The second-order valence-electron chi connectivity index (χ2n) is 8.79. The fourth-order valence-electron chi connectivity index (χ4n) is 4.63. The number of carbonyl (C=O) groups is 2. The zero-order valence-electron chi connectivity index (χ0n) is 19.4. The van der Waals surface area contributed by atoms with E-state index in [4.69, 9.17) is 16.3 Å². The molecule has 10 heteroatoms. The molecule has 0 spiro atoms. The molecule has 2 aliphatic rings. The number of anilines is 1. The van der Waals surface area contributed by atoms with Crippen LogP contribution < -0.4 is 14.8 Å². The summed E-state index contributed by atoms with van der Waals surface area (Å²) in [6, 6.07) is 17.4. The molecule has 186 valence electrons. The lowest BCUT2D eigenvalue weighted by Crippen LogP contribution is -2.54. The molecule has 2 aliphatic heterocycles. The van der Waals surface area contributed by atoms with Gasteiger partial charge in [0.1, 0.15) is 11.8 Å². The first-order chi connectivity index (χ1) is 17.2. The van der Waals surface area contributed by atoms with Crippen LogP contribution in [0.1, 0.15) is 23.2 Å². The molecule has 3 aromatic rings. The second-order valence-corrected chi connectivity index (χ2v) is 10.9. The van der Waals surface area contributed by atoms with Crippen molar-refractivity contribution in [3.8, 4) is 16.9 Å². The Bertz CT molecular complexity index is 1420. The van der Waals surface area contributed by atoms with Gasteiger partial charge in [-0.3, -0.25) is 9.59 Å². The fraction of sp³-hybridized carbons (Fsp3) is 0.231. The maximum absolute atomic E-state index is 13.5. The van der Waals surface area contributed by atoms with Gasteiger partial charge < -0.3 is 15.0 Å². The molecule has 2 N–H and O–H groups in total. The maximum Gasteiger partial charge on any atom is 0.256 e. The van der Waals surface area contributed by atoms with Crippen molar-refractivity contribution in [1.82, 2.24) is 9.62 Å². The number of rotatable bonds is 5. The van der Waals surface area contributed by atoms with E-state index < -0.39 is 22.1 Å². The number of benzene rings is 3. The van der Waals surface area contributed by atoms with Crippen LogP contribution in [0.25, 0.3) is 11.1 Å². The Balaban J connectivity index is 1.37. The van der Waals surface area contributed by atoms with E-state index in [1.165, 1.54) is 29.2 Å². The van der Waals surface area contributed by atoms with Crippen molar-refractivity contribution in [2.45, 2.75) is 29.8 Å². The first-order valence-corrected chi connectivity index (χ1v) is 13.3. The Kier molecular flexibility index (Phi) is 6.46. The second kappa shape index (κ2) is 9.57. The van der Waals surface area contributed by atoms with Crippen molar-refractivity contribution in [2.24, 2.45) is 0 Å². The van der Waals surface area contributed by atoms with E-state index in [2.05, 4.69) is 10.0 Å². The average Bonchev–Trinajstić information content (AvgIpc) is 2.98. The van der Waals surface area contributed by atoms with Crippen LogP contribution in [0.2, 0.25) is 5.02 Å². The van der Waals surface area contributed by atoms with Gasteiger partial charge in [0.2, 0.25) is 15.9 Å². The topological polar surface area (TPSA) is 105 Å². The highest BCUT2D eigenvalue weighted by molar-refractivity contribution is 7.89. The lowest BCUT2D eigenvalue weighted by molar-refractivity contribution is -0.121. The molecule has 0 aliphatic carbocycles. The van der Waals surface area contributed by atoms with Crippen LogP contribution in [-0.4, -0.2) is 50.9 Å². The lowest BCUT2D eigenvalue weighted by atomic mass is 9.96. The van der Waals surface area contributed by atoms with Crippen LogP contribution in [0, 0.1) is 0 Å². The van der Waals surface area contributed by atoms with E-state index in [0.29, 0.717) is 22.7 Å². The van der Waals surface area contributed by atoms with Gasteiger partial charge in [0.25, 0.3) is 5.91 Å². The minimum Gasteiger partial charge on any atom is -0.497 e. The smallest absolute Gasteiger partial charge is 0.256 e. The monoisotopic (exact) mass is 525 g/mol. The maximum atomic E-state index is 13.5. The summed E-state index contributed by atoms with van der Waals surface area (Å²) in [5.41, 5.74) is 2.59.